The van der Waals surface area contributed by atoms with Gasteiger partial charge in [0.1, 0.15) is 5.84 Å². The number of amidine groups is 1. The molecule has 0 radical (unpaired) electrons. The molecule has 0 saturated heterocycles. The van der Waals surface area contributed by atoms with Gasteiger partial charge in [0.05, 0.1) is 18.0 Å². The van der Waals surface area contributed by atoms with Crippen molar-refractivity contribution in [3.05, 3.63) is 52.2 Å². The van der Waals surface area contributed by atoms with Crippen LogP contribution < -0.4 is 10.0 Å². The molecule has 0 bridgehead atoms. The highest BCUT2D eigenvalue weighted by molar-refractivity contribution is 7.90. The van der Waals surface area contributed by atoms with Crippen molar-refractivity contribution < 1.29 is 18.0 Å². The molecule has 0 atom stereocenters. The second-order valence-electron chi connectivity index (χ2n) is 7.41. The van der Waals surface area contributed by atoms with Crippen LogP contribution in [0.15, 0.2) is 51.7 Å². The van der Waals surface area contributed by atoms with Crippen LogP contribution in [-0.2, 0) is 26.2 Å². The van der Waals surface area contributed by atoms with Gasteiger partial charge in [-0.15, -0.1) is 11.3 Å². The number of nitrogens with zero attached hydrogens (tertiary/aromatic N) is 2. The number of carbonyl (C=O) groups is 2. The molecule has 0 aliphatic carbocycles. The van der Waals surface area contributed by atoms with Gasteiger partial charge in [0, 0.05) is 30.0 Å². The predicted octanol–water partition coefficient (Wildman–Crippen LogP) is 2.51. The van der Waals surface area contributed by atoms with E-state index in [1.807, 2.05) is 24.4 Å². The lowest BCUT2D eigenvalue weighted by Gasteiger charge is -2.20. The van der Waals surface area contributed by atoms with Gasteiger partial charge in [0.25, 0.3) is 10.0 Å². The highest BCUT2D eigenvalue weighted by Crippen LogP contribution is 2.22. The molecule has 2 amide bonds. The summed E-state index contributed by atoms with van der Waals surface area (Å²) in [4.78, 5) is 31.8. The maximum atomic E-state index is 12.4. The lowest BCUT2D eigenvalue weighted by Crippen LogP contribution is -2.40. The average Bonchev–Trinajstić information content (AvgIpc) is 3.39. The third-order valence-corrected chi connectivity index (χ3v) is 7.36. The summed E-state index contributed by atoms with van der Waals surface area (Å²) >= 11 is 1.58. The molecule has 1 aliphatic rings. The fraction of sp³-hybridized carbons (Fsp3) is 0.409. The van der Waals surface area contributed by atoms with Crippen molar-refractivity contribution in [1.82, 2.24) is 14.9 Å². The Morgan fingerprint density at radius 3 is 2.69 bits per heavy atom. The van der Waals surface area contributed by atoms with Gasteiger partial charge in [-0.2, -0.15) is 0 Å². The minimum atomic E-state index is -3.52. The maximum Gasteiger partial charge on any atom is 0.263 e. The number of hydrogen-bond acceptors (Lipinski definition) is 6. The van der Waals surface area contributed by atoms with E-state index < -0.39 is 10.0 Å². The Morgan fingerprint density at radius 1 is 1.12 bits per heavy atom. The van der Waals surface area contributed by atoms with Gasteiger partial charge in [-0.3, -0.25) is 19.3 Å². The van der Waals surface area contributed by atoms with Gasteiger partial charge in [-0.1, -0.05) is 24.6 Å². The monoisotopic (exact) mass is 476 g/mol. The van der Waals surface area contributed by atoms with Crippen molar-refractivity contribution >= 4 is 39.0 Å². The Labute approximate surface area is 192 Å². The Balaban J connectivity index is 1.36. The molecule has 8 nitrogen and oxygen atoms in total. The lowest BCUT2D eigenvalue weighted by atomic mass is 10.1. The Hall–Kier alpha value is -2.72. The molecule has 172 valence electrons. The average molecular weight is 477 g/mol. The van der Waals surface area contributed by atoms with E-state index in [0.717, 1.165) is 17.7 Å². The molecule has 2 aromatic rings. The number of thiophene rings is 1. The molecule has 0 unspecified atom stereocenters. The van der Waals surface area contributed by atoms with Crippen molar-refractivity contribution in [2.75, 3.05) is 19.6 Å². The Kier molecular flexibility index (Phi) is 8.40. The van der Waals surface area contributed by atoms with E-state index in [1.54, 1.807) is 40.5 Å². The summed E-state index contributed by atoms with van der Waals surface area (Å²) in [5, 5.41) is 4.80. The van der Waals surface area contributed by atoms with E-state index in [2.05, 4.69) is 15.0 Å². The zero-order valence-electron chi connectivity index (χ0n) is 18.0. The third kappa shape index (κ3) is 6.39. The predicted molar refractivity (Wildman–Crippen MR) is 125 cm³/mol. The second kappa shape index (κ2) is 11.2. The molecule has 0 spiro atoms. The van der Waals surface area contributed by atoms with Crippen LogP contribution >= 0.6 is 11.3 Å². The summed E-state index contributed by atoms with van der Waals surface area (Å²) in [6.45, 7) is 3.36. The van der Waals surface area contributed by atoms with E-state index in [-0.39, 0.29) is 23.3 Å². The zero-order chi connectivity index (χ0) is 23.0. The molecule has 1 aromatic carbocycles. The topological polar surface area (TPSA) is 108 Å². The first-order chi connectivity index (χ1) is 15.4. The summed E-state index contributed by atoms with van der Waals surface area (Å²) in [7, 11) is -3.52. The molecule has 1 aliphatic heterocycles. The van der Waals surface area contributed by atoms with Crippen LogP contribution in [0.4, 0.5) is 0 Å². The second-order valence-corrected chi connectivity index (χ2v) is 10.1. The standard InChI is InChI=1S/C22H28N4O4S2/c1-2-26(16-20(27)24-15-17-9-8-14-31-17)21(28)12-4-3-7-13-23-22-18-10-5-6-11-19(18)32(29,30)25-22/h5-6,8-11,14H,2-4,7,12-13,15-16H2,1H3,(H,23,25)(H,24,27). The molecule has 10 heteroatoms. The van der Waals surface area contributed by atoms with E-state index in [9.17, 15) is 18.0 Å². The minimum Gasteiger partial charge on any atom is -0.350 e. The molecule has 1 aromatic heterocycles. The first-order valence-electron chi connectivity index (χ1n) is 10.6. The Morgan fingerprint density at radius 2 is 1.94 bits per heavy atom. The number of hydrogen-bond donors (Lipinski definition) is 2. The van der Waals surface area contributed by atoms with Gasteiger partial charge >= 0.3 is 0 Å². The number of nitrogens with one attached hydrogen (secondary N) is 2. The van der Waals surface area contributed by atoms with Crippen molar-refractivity contribution in [3.63, 3.8) is 0 Å². The van der Waals surface area contributed by atoms with E-state index in [1.165, 1.54) is 0 Å². The van der Waals surface area contributed by atoms with Crippen LogP contribution in [0.1, 0.15) is 43.0 Å². The summed E-state index contributed by atoms with van der Waals surface area (Å²) in [6, 6.07) is 10.7. The van der Waals surface area contributed by atoms with Crippen molar-refractivity contribution in [3.8, 4) is 0 Å². The number of sulfonamides is 1. The van der Waals surface area contributed by atoms with Crippen LogP contribution in [-0.4, -0.2) is 50.6 Å². The fourth-order valence-corrected chi connectivity index (χ4v) is 5.27. The van der Waals surface area contributed by atoms with Gasteiger partial charge in [-0.05, 0) is 43.3 Å². The quantitative estimate of drug-likeness (QED) is 0.486. The first-order valence-corrected chi connectivity index (χ1v) is 13.0. The number of benzene rings is 1. The molecular weight excluding hydrogens is 448 g/mol. The normalized spacial score (nSPS) is 15.2. The number of unbranched alkanes of at least 4 members (excludes halogenated alkanes) is 2. The summed E-state index contributed by atoms with van der Waals surface area (Å²) < 4.78 is 26.7. The van der Waals surface area contributed by atoms with Crippen molar-refractivity contribution in [2.24, 2.45) is 4.99 Å². The number of carbonyl (C=O) groups excluding carboxylic acids is 2. The highest BCUT2D eigenvalue weighted by atomic mass is 32.2. The van der Waals surface area contributed by atoms with Gasteiger partial charge in [-0.25, -0.2) is 8.42 Å². The summed E-state index contributed by atoms with van der Waals surface area (Å²) in [5.74, 6) is 0.175. The van der Waals surface area contributed by atoms with Crippen LogP contribution in [0.3, 0.4) is 0 Å². The largest absolute Gasteiger partial charge is 0.350 e. The minimum absolute atomic E-state index is 0.0393. The SMILES string of the molecule is CCN(CC(=O)NCc1cccs1)C(=O)CCCCCN=C1NS(=O)(=O)c2ccccc21. The molecule has 2 N–H and O–H groups in total. The highest BCUT2D eigenvalue weighted by Gasteiger charge is 2.29. The van der Waals surface area contributed by atoms with Crippen molar-refractivity contribution in [1.29, 1.82) is 0 Å². The number of amides is 2. The maximum absolute atomic E-state index is 12.4. The van der Waals surface area contributed by atoms with Gasteiger partial charge in [0.15, 0.2) is 0 Å². The third-order valence-electron chi connectivity index (χ3n) is 5.09. The van der Waals surface area contributed by atoms with E-state index in [0.29, 0.717) is 43.9 Å². The van der Waals surface area contributed by atoms with Crippen molar-refractivity contribution in [2.45, 2.75) is 44.0 Å². The first kappa shape index (κ1) is 23.9. The summed E-state index contributed by atoms with van der Waals surface area (Å²) in [6.07, 6.45) is 2.60. The van der Waals surface area contributed by atoms with E-state index >= 15 is 0 Å². The molecule has 2 heterocycles. The number of likely N-dealkylation sites (N-methyl/N-ethyl adjacent to an activating group) is 1. The number of fused-ring (bicyclic) bond motifs is 1. The smallest absolute Gasteiger partial charge is 0.263 e. The molecule has 0 fully saturated rings. The van der Waals surface area contributed by atoms with Crippen LogP contribution in [0.2, 0.25) is 0 Å². The van der Waals surface area contributed by atoms with Gasteiger partial charge < -0.3 is 10.2 Å². The number of rotatable bonds is 11. The molecular formula is C22H28N4O4S2. The van der Waals surface area contributed by atoms with Crippen LogP contribution in [0, 0.1) is 0 Å². The van der Waals surface area contributed by atoms with Crippen LogP contribution in [0.25, 0.3) is 0 Å². The number of aliphatic imine (C=N–C) groups is 1. The summed E-state index contributed by atoms with van der Waals surface area (Å²) in [5.41, 5.74) is 0.596. The molecule has 32 heavy (non-hydrogen) atoms. The molecule has 3 rings (SSSR count). The van der Waals surface area contributed by atoms with Gasteiger partial charge in [0.2, 0.25) is 11.8 Å². The zero-order valence-corrected chi connectivity index (χ0v) is 19.7. The Bertz CT molecular complexity index is 1070. The molecule has 0 saturated carbocycles. The lowest BCUT2D eigenvalue weighted by molar-refractivity contribution is -0.136. The van der Waals surface area contributed by atoms with E-state index in [4.69, 9.17) is 0 Å². The van der Waals surface area contributed by atoms with Crippen LogP contribution in [0.5, 0.6) is 0 Å². The fourth-order valence-electron chi connectivity index (χ4n) is 3.37.